The highest BCUT2D eigenvalue weighted by molar-refractivity contribution is 6.11. The summed E-state index contributed by atoms with van der Waals surface area (Å²) >= 11 is 0. The molecule has 4 aromatic carbocycles. The van der Waals surface area contributed by atoms with Gasteiger partial charge >= 0.3 is 0 Å². The van der Waals surface area contributed by atoms with E-state index in [1.165, 1.54) is 18.1 Å². The fraction of sp³-hybridized carbons (Fsp3) is 0.200. The van der Waals surface area contributed by atoms with Crippen LogP contribution in [0.25, 0.3) is 0 Å². The number of amides is 1. The maximum absolute atomic E-state index is 11.9. The third-order valence-corrected chi connectivity index (χ3v) is 5.67. The largest absolute Gasteiger partial charge is 0.399 e. The number of hydrogen-bond donors (Lipinski definition) is 2. The summed E-state index contributed by atoms with van der Waals surface area (Å²) in [4.78, 5) is 45.6. The van der Waals surface area contributed by atoms with Crippen LogP contribution < -0.4 is 11.1 Å². The molecular weight excluding hydrogens is 512 g/mol. The number of nitrogens with one attached hydrogen (secondary N) is 1. The molecule has 6 nitrogen and oxygen atoms in total. The molecule has 3 N–H and O–H groups in total. The van der Waals surface area contributed by atoms with Crippen LogP contribution in [0, 0.1) is 27.7 Å². The smallest absolute Gasteiger partial charge is 0.232 e. The second kappa shape index (κ2) is 16.3. The number of anilines is 2. The molecule has 0 saturated heterocycles. The molecule has 0 heterocycles. The number of aryl methyl sites for hydroxylation is 4. The molecule has 212 valence electrons. The van der Waals surface area contributed by atoms with Crippen molar-refractivity contribution in [2.24, 2.45) is 0 Å². The zero-order valence-electron chi connectivity index (χ0n) is 24.4. The molecule has 0 bridgehead atoms. The highest BCUT2D eigenvalue weighted by atomic mass is 16.2. The highest BCUT2D eigenvalue weighted by Gasteiger charge is 2.12. The van der Waals surface area contributed by atoms with Gasteiger partial charge in [-0.15, -0.1) is 0 Å². The summed E-state index contributed by atoms with van der Waals surface area (Å²) in [5.74, 6) is -0.664. The van der Waals surface area contributed by atoms with Crippen LogP contribution in [-0.4, -0.2) is 23.3 Å². The Morgan fingerprint density at radius 2 is 0.976 bits per heavy atom. The van der Waals surface area contributed by atoms with Crippen LogP contribution in [0.5, 0.6) is 0 Å². The Morgan fingerprint density at radius 1 is 0.585 bits per heavy atom. The van der Waals surface area contributed by atoms with Crippen LogP contribution in [0.4, 0.5) is 11.4 Å². The third-order valence-electron chi connectivity index (χ3n) is 5.67. The zero-order valence-corrected chi connectivity index (χ0v) is 24.4. The van der Waals surface area contributed by atoms with Crippen molar-refractivity contribution in [3.63, 3.8) is 0 Å². The van der Waals surface area contributed by atoms with Gasteiger partial charge in [-0.25, -0.2) is 0 Å². The maximum atomic E-state index is 11.9. The molecule has 0 atom stereocenters. The van der Waals surface area contributed by atoms with Crippen LogP contribution in [0.2, 0.25) is 0 Å². The van der Waals surface area contributed by atoms with Gasteiger partial charge in [-0.2, -0.15) is 0 Å². The second-order valence-electron chi connectivity index (χ2n) is 9.98. The van der Waals surface area contributed by atoms with E-state index in [4.69, 9.17) is 5.73 Å². The van der Waals surface area contributed by atoms with Crippen molar-refractivity contribution in [1.29, 1.82) is 0 Å². The number of rotatable bonds is 7. The van der Waals surface area contributed by atoms with Crippen molar-refractivity contribution in [3.05, 3.63) is 130 Å². The number of carbonyl (C=O) groups excluding carboxylic acids is 4. The van der Waals surface area contributed by atoms with Crippen LogP contribution >= 0.6 is 0 Å². The quantitative estimate of drug-likeness (QED) is 0.143. The van der Waals surface area contributed by atoms with E-state index in [2.05, 4.69) is 11.4 Å². The third kappa shape index (κ3) is 12.7. The summed E-state index contributed by atoms with van der Waals surface area (Å²) in [6.45, 7) is 9.45. The summed E-state index contributed by atoms with van der Waals surface area (Å²) < 4.78 is 0. The van der Waals surface area contributed by atoms with E-state index >= 15 is 0 Å². The number of carbonyl (C=O) groups is 4. The number of nitrogens with two attached hydrogens (primary N) is 1. The average molecular weight is 551 g/mol. The van der Waals surface area contributed by atoms with Crippen molar-refractivity contribution in [3.8, 4) is 0 Å². The van der Waals surface area contributed by atoms with Crippen molar-refractivity contribution >= 4 is 34.6 Å². The molecule has 0 aliphatic carbocycles. The predicted octanol–water partition coefficient (Wildman–Crippen LogP) is 7.25. The lowest BCUT2D eigenvalue weighted by molar-refractivity contribution is -0.116. The number of benzene rings is 4. The highest BCUT2D eigenvalue weighted by Crippen LogP contribution is 2.14. The molecule has 0 fully saturated rings. The van der Waals surface area contributed by atoms with Gasteiger partial charge in [0.2, 0.25) is 5.91 Å². The predicted molar refractivity (Wildman–Crippen MR) is 166 cm³/mol. The van der Waals surface area contributed by atoms with E-state index in [1.807, 2.05) is 70.2 Å². The van der Waals surface area contributed by atoms with E-state index in [9.17, 15) is 19.2 Å². The van der Waals surface area contributed by atoms with Gasteiger partial charge in [0.05, 0.1) is 12.8 Å². The summed E-state index contributed by atoms with van der Waals surface area (Å²) in [6.07, 6.45) is -0.138. The second-order valence-corrected chi connectivity index (χ2v) is 9.98. The first-order chi connectivity index (χ1) is 19.4. The Morgan fingerprint density at radius 3 is 1.37 bits per heavy atom. The van der Waals surface area contributed by atoms with Crippen LogP contribution in [-0.2, 0) is 9.59 Å². The van der Waals surface area contributed by atoms with Gasteiger partial charge in [-0.05, 0) is 81.1 Å². The normalized spacial score (nSPS) is 9.78. The van der Waals surface area contributed by atoms with E-state index in [-0.39, 0.29) is 36.1 Å². The lowest BCUT2D eigenvalue weighted by Crippen LogP contribution is -2.16. The van der Waals surface area contributed by atoms with E-state index < -0.39 is 0 Å². The molecule has 0 aromatic heterocycles. The van der Waals surface area contributed by atoms with Gasteiger partial charge in [0.1, 0.15) is 5.78 Å². The first-order valence-corrected chi connectivity index (χ1v) is 13.3. The summed E-state index contributed by atoms with van der Waals surface area (Å²) in [5.41, 5.74) is 12.9. The number of Topliss-reactive ketones (excluding diaryl/α,β-unsaturated/α-hetero) is 3. The standard InChI is InChI=1S/C17H17NO2.C10H10O2.C8H11N/c1-12-8-13(2)10-15(9-12)18-17(20)11-16(19)14-6-4-3-5-7-14;1-8(11)7-10(12)9-5-3-2-4-6-9;1-6-3-7(2)5-8(9)4-6/h3-10H,11H2,1-2H3,(H,18,20);2-6H,7H2,1H3;3-5H,9H2,1-2H3. The van der Waals surface area contributed by atoms with Crippen LogP contribution in [0.3, 0.4) is 0 Å². The molecular formula is C35H38N2O4. The summed E-state index contributed by atoms with van der Waals surface area (Å²) in [5, 5.41) is 2.76. The van der Waals surface area contributed by atoms with Gasteiger partial charge in [0, 0.05) is 22.5 Å². The van der Waals surface area contributed by atoms with E-state index in [0.29, 0.717) is 11.1 Å². The van der Waals surface area contributed by atoms with Gasteiger partial charge in [-0.3, -0.25) is 19.2 Å². The minimum atomic E-state index is -0.288. The number of hydrogen-bond acceptors (Lipinski definition) is 5. The average Bonchev–Trinajstić information content (AvgIpc) is 2.88. The van der Waals surface area contributed by atoms with Gasteiger partial charge in [0.15, 0.2) is 11.6 Å². The SMILES string of the molecule is CC(=O)CC(=O)c1ccccc1.Cc1cc(C)cc(N)c1.Cc1cc(C)cc(NC(=O)CC(=O)c2ccccc2)c1. The van der Waals surface area contributed by atoms with Crippen molar-refractivity contribution < 1.29 is 19.2 Å². The monoisotopic (exact) mass is 550 g/mol. The fourth-order valence-electron chi connectivity index (χ4n) is 4.09. The molecule has 1 amide bonds. The fourth-order valence-corrected chi connectivity index (χ4v) is 4.09. The van der Waals surface area contributed by atoms with Gasteiger partial charge < -0.3 is 11.1 Å². The maximum Gasteiger partial charge on any atom is 0.232 e. The topological polar surface area (TPSA) is 106 Å². The molecule has 4 rings (SSSR count). The Balaban J connectivity index is 0.000000237. The van der Waals surface area contributed by atoms with Crippen molar-refractivity contribution in [1.82, 2.24) is 0 Å². The van der Waals surface area contributed by atoms with E-state index in [1.54, 1.807) is 48.5 Å². The number of ketones is 3. The lowest BCUT2D eigenvalue weighted by Gasteiger charge is -2.07. The first-order valence-electron chi connectivity index (χ1n) is 13.3. The Bertz CT molecular complexity index is 1410. The summed E-state index contributed by atoms with van der Waals surface area (Å²) in [7, 11) is 0. The Labute approximate surface area is 242 Å². The molecule has 0 spiro atoms. The molecule has 0 aliphatic heterocycles. The van der Waals surface area contributed by atoms with Crippen molar-refractivity contribution in [2.75, 3.05) is 11.1 Å². The minimum Gasteiger partial charge on any atom is -0.399 e. The zero-order chi connectivity index (χ0) is 30.4. The van der Waals surface area contributed by atoms with Gasteiger partial charge in [0.25, 0.3) is 0 Å². The molecule has 41 heavy (non-hydrogen) atoms. The van der Waals surface area contributed by atoms with Crippen LogP contribution in [0.1, 0.15) is 62.7 Å². The summed E-state index contributed by atoms with van der Waals surface area (Å²) in [6, 6.07) is 29.5. The minimum absolute atomic E-state index is 0.00398. The lowest BCUT2D eigenvalue weighted by atomic mass is 10.1. The molecule has 0 unspecified atom stereocenters. The number of nitrogen functional groups attached to an aromatic ring is 1. The molecule has 4 aromatic rings. The van der Waals surface area contributed by atoms with Crippen molar-refractivity contribution in [2.45, 2.75) is 47.5 Å². The van der Waals surface area contributed by atoms with Gasteiger partial charge in [-0.1, -0.05) is 72.8 Å². The van der Waals surface area contributed by atoms with Crippen LogP contribution in [0.15, 0.2) is 97.1 Å². The molecule has 6 heteroatoms. The molecule has 0 radical (unpaired) electrons. The first kappa shape index (κ1) is 32.4. The van der Waals surface area contributed by atoms with E-state index in [0.717, 1.165) is 22.5 Å². The Kier molecular flexibility index (Phi) is 12.9. The molecule has 0 aliphatic rings. The Hall–Kier alpha value is -4.84. The molecule has 0 saturated carbocycles.